The second-order valence-corrected chi connectivity index (χ2v) is 4.61. The Morgan fingerprint density at radius 3 is 2.44 bits per heavy atom. The van der Waals surface area contributed by atoms with Crippen LogP contribution in [0.25, 0.3) is 0 Å². The molecule has 3 unspecified atom stereocenters. The molecule has 2 amide bonds. The van der Waals surface area contributed by atoms with Gasteiger partial charge in [0.15, 0.2) is 0 Å². The summed E-state index contributed by atoms with van der Waals surface area (Å²) >= 11 is 7.72. The molecule has 1 saturated heterocycles. The molecule has 1 rings (SSSR count). The summed E-state index contributed by atoms with van der Waals surface area (Å²) in [6.07, 6.45) is 0. The smallest absolute Gasteiger partial charge is 0.327 e. The van der Waals surface area contributed by atoms with E-state index in [2.05, 4.69) is 30.6 Å². The molecule has 1 aliphatic rings. The Hall–Kier alpha value is -0.930. The van der Waals surface area contributed by atoms with Crippen molar-refractivity contribution in [2.24, 2.45) is 5.73 Å². The van der Waals surface area contributed by atoms with Gasteiger partial charge in [0.2, 0.25) is 11.8 Å². The number of carboxylic acid groups (broad SMARTS) is 1. The predicted molar refractivity (Wildman–Crippen MR) is 70.7 cm³/mol. The first-order chi connectivity index (χ1) is 8.42. The van der Waals surface area contributed by atoms with Crippen molar-refractivity contribution in [1.29, 1.82) is 0 Å². The van der Waals surface area contributed by atoms with E-state index < -0.39 is 30.0 Å². The summed E-state index contributed by atoms with van der Waals surface area (Å²) in [5, 5.41) is 11.1. The van der Waals surface area contributed by atoms with Crippen LogP contribution in [0.2, 0.25) is 0 Å². The topological polar surface area (TPSA) is 113 Å². The molecule has 0 bridgehead atoms. The van der Waals surface area contributed by atoms with Crippen molar-refractivity contribution in [1.82, 2.24) is 10.2 Å². The van der Waals surface area contributed by atoms with Crippen molar-refractivity contribution in [3.63, 3.8) is 0 Å². The summed E-state index contributed by atoms with van der Waals surface area (Å²) in [5.41, 5.74) is 5.49. The van der Waals surface area contributed by atoms with Crippen LogP contribution in [0.1, 0.15) is 0 Å². The van der Waals surface area contributed by atoms with Gasteiger partial charge in [-0.25, -0.2) is 4.79 Å². The molecular weight excluding hydrogens is 278 g/mol. The molecule has 0 aromatic rings. The molecular formula is C9H15N3O4S2. The van der Waals surface area contributed by atoms with Gasteiger partial charge in [-0.2, -0.15) is 25.3 Å². The summed E-state index contributed by atoms with van der Waals surface area (Å²) in [6, 6.07) is -2.44. The lowest BCUT2D eigenvalue weighted by atomic mass is 10.3. The van der Waals surface area contributed by atoms with E-state index in [4.69, 9.17) is 10.8 Å². The van der Waals surface area contributed by atoms with Crippen molar-refractivity contribution in [3.05, 3.63) is 0 Å². The lowest BCUT2D eigenvalue weighted by Crippen LogP contribution is -2.46. The van der Waals surface area contributed by atoms with Crippen LogP contribution < -0.4 is 11.1 Å². The molecule has 0 aromatic heterocycles. The molecule has 18 heavy (non-hydrogen) atoms. The van der Waals surface area contributed by atoms with Crippen LogP contribution in [0.15, 0.2) is 0 Å². The summed E-state index contributed by atoms with van der Waals surface area (Å²) in [4.78, 5) is 35.2. The SMILES string of the molecule is NC(CS)C(=O)N1CC1C(=O)NC(CS)C(=O)O. The van der Waals surface area contributed by atoms with Crippen LogP contribution in [0.4, 0.5) is 0 Å². The van der Waals surface area contributed by atoms with Gasteiger partial charge < -0.3 is 21.1 Å². The normalized spacial score (nSPS) is 21.1. The number of carboxylic acids is 1. The predicted octanol–water partition coefficient (Wildman–Crippen LogP) is -2.05. The minimum atomic E-state index is -1.16. The maximum absolute atomic E-state index is 11.6. The molecule has 0 aliphatic carbocycles. The second-order valence-electron chi connectivity index (χ2n) is 3.88. The number of nitrogens with one attached hydrogen (secondary N) is 1. The number of thiol groups is 2. The molecule has 0 saturated carbocycles. The van der Waals surface area contributed by atoms with Crippen LogP contribution in [0.5, 0.6) is 0 Å². The van der Waals surface area contributed by atoms with E-state index in [1.54, 1.807) is 0 Å². The molecule has 1 heterocycles. The van der Waals surface area contributed by atoms with Crippen LogP contribution in [-0.2, 0) is 14.4 Å². The van der Waals surface area contributed by atoms with Crippen LogP contribution in [-0.4, -0.2) is 64.0 Å². The number of amides is 2. The number of nitrogens with zero attached hydrogens (tertiary/aromatic N) is 1. The highest BCUT2D eigenvalue weighted by Crippen LogP contribution is 2.19. The van der Waals surface area contributed by atoms with E-state index in [1.165, 1.54) is 4.90 Å². The van der Waals surface area contributed by atoms with Crippen molar-refractivity contribution in [3.8, 4) is 0 Å². The minimum Gasteiger partial charge on any atom is -0.480 e. The van der Waals surface area contributed by atoms with Crippen molar-refractivity contribution in [2.45, 2.75) is 18.1 Å². The van der Waals surface area contributed by atoms with Crippen molar-refractivity contribution in [2.75, 3.05) is 18.1 Å². The molecule has 0 aromatic carbocycles. The van der Waals surface area contributed by atoms with Crippen molar-refractivity contribution < 1.29 is 19.5 Å². The Balaban J connectivity index is 2.47. The van der Waals surface area contributed by atoms with Gasteiger partial charge >= 0.3 is 5.97 Å². The third-order valence-electron chi connectivity index (χ3n) is 2.51. The van der Waals surface area contributed by atoms with Gasteiger partial charge in [0, 0.05) is 11.5 Å². The first-order valence-corrected chi connectivity index (χ1v) is 6.49. The number of rotatable bonds is 6. The maximum atomic E-state index is 11.6. The van der Waals surface area contributed by atoms with Gasteiger partial charge in [-0.15, -0.1) is 0 Å². The highest BCUT2D eigenvalue weighted by molar-refractivity contribution is 7.80. The summed E-state index contributed by atoms with van der Waals surface area (Å²) in [6.45, 7) is 0.255. The molecule has 0 radical (unpaired) electrons. The maximum Gasteiger partial charge on any atom is 0.327 e. The van der Waals surface area contributed by atoms with E-state index in [-0.39, 0.29) is 24.0 Å². The van der Waals surface area contributed by atoms with Gasteiger partial charge in [-0.1, -0.05) is 0 Å². The second kappa shape index (κ2) is 6.30. The van der Waals surface area contributed by atoms with E-state index >= 15 is 0 Å². The van der Waals surface area contributed by atoms with Crippen molar-refractivity contribution >= 4 is 43.0 Å². The molecule has 102 valence electrons. The van der Waals surface area contributed by atoms with Gasteiger partial charge in [-0.3, -0.25) is 9.59 Å². The number of nitrogens with two attached hydrogens (primary N) is 1. The Bertz CT molecular complexity index is 366. The molecule has 3 atom stereocenters. The molecule has 1 fully saturated rings. The Labute approximate surface area is 115 Å². The highest BCUT2D eigenvalue weighted by Gasteiger charge is 2.46. The van der Waals surface area contributed by atoms with Gasteiger partial charge in [-0.05, 0) is 0 Å². The first-order valence-electron chi connectivity index (χ1n) is 5.23. The van der Waals surface area contributed by atoms with E-state index in [0.717, 1.165) is 0 Å². The first kappa shape index (κ1) is 15.1. The fourth-order valence-corrected chi connectivity index (χ4v) is 1.76. The van der Waals surface area contributed by atoms with E-state index in [0.29, 0.717) is 0 Å². The zero-order valence-electron chi connectivity index (χ0n) is 9.44. The number of hydrogen-bond donors (Lipinski definition) is 5. The monoisotopic (exact) mass is 293 g/mol. The molecule has 9 heteroatoms. The summed E-state index contributed by atoms with van der Waals surface area (Å²) in [5.74, 6) is -1.85. The van der Waals surface area contributed by atoms with E-state index in [1.807, 2.05) is 0 Å². The zero-order valence-corrected chi connectivity index (χ0v) is 11.2. The fourth-order valence-electron chi connectivity index (χ4n) is 1.35. The largest absolute Gasteiger partial charge is 0.480 e. The third-order valence-corrected chi connectivity index (χ3v) is 3.27. The quantitative estimate of drug-likeness (QED) is 0.286. The summed E-state index contributed by atoms with van der Waals surface area (Å²) in [7, 11) is 0. The molecule has 4 N–H and O–H groups in total. The van der Waals surface area contributed by atoms with Crippen LogP contribution in [0.3, 0.4) is 0 Å². The highest BCUT2D eigenvalue weighted by atomic mass is 32.1. The number of carbonyl (C=O) groups excluding carboxylic acids is 2. The van der Waals surface area contributed by atoms with Crippen LogP contribution >= 0.6 is 25.3 Å². The molecule has 0 spiro atoms. The lowest BCUT2D eigenvalue weighted by Gasteiger charge is -2.12. The Morgan fingerprint density at radius 1 is 1.39 bits per heavy atom. The molecule has 7 nitrogen and oxygen atoms in total. The number of carbonyl (C=O) groups is 3. The zero-order chi connectivity index (χ0) is 13.9. The fraction of sp³-hybridized carbons (Fsp3) is 0.667. The number of aliphatic carboxylic acids is 1. The van der Waals surface area contributed by atoms with Gasteiger partial charge in [0.25, 0.3) is 0 Å². The summed E-state index contributed by atoms with van der Waals surface area (Å²) < 4.78 is 0. The number of hydrogen-bond acceptors (Lipinski definition) is 6. The van der Waals surface area contributed by atoms with Crippen LogP contribution in [0, 0.1) is 0 Å². The lowest BCUT2D eigenvalue weighted by molar-refractivity contribution is -0.141. The molecule has 1 aliphatic heterocycles. The Morgan fingerprint density at radius 2 is 2.00 bits per heavy atom. The standard InChI is InChI=1S/C9H15N3O4S2/c10-4(2-17)8(14)12-1-6(12)7(13)11-5(3-18)9(15)16/h4-6,17-18H,1-3,10H2,(H,11,13)(H,15,16). The average molecular weight is 293 g/mol. The van der Waals surface area contributed by atoms with Gasteiger partial charge in [0.05, 0.1) is 12.6 Å². The van der Waals surface area contributed by atoms with Gasteiger partial charge in [0.1, 0.15) is 12.1 Å². The average Bonchev–Trinajstić information content (AvgIpc) is 3.13. The van der Waals surface area contributed by atoms with E-state index in [9.17, 15) is 14.4 Å². The third kappa shape index (κ3) is 3.53. The minimum absolute atomic E-state index is 0.0160. The Kier molecular flexibility index (Phi) is 5.29.